The Labute approximate surface area is 447 Å². The molecule has 418 valence electrons. The molecule has 0 aliphatic heterocycles. The van der Waals surface area contributed by atoms with Gasteiger partial charge in [0.1, 0.15) is 13.2 Å². The van der Waals surface area contributed by atoms with Gasteiger partial charge in [-0.2, -0.15) is 0 Å². The van der Waals surface area contributed by atoms with Gasteiger partial charge in [-0.05, 0) is 89.9 Å². The van der Waals surface area contributed by atoms with Gasteiger partial charge in [-0.3, -0.25) is 14.4 Å². The van der Waals surface area contributed by atoms with Crippen LogP contribution in [0.3, 0.4) is 0 Å². The van der Waals surface area contributed by atoms with E-state index in [9.17, 15) is 14.4 Å². The molecule has 0 N–H and O–H groups in total. The number of hydrogen-bond acceptors (Lipinski definition) is 6. The molecule has 6 heteroatoms. The molecule has 0 aromatic heterocycles. The van der Waals surface area contributed by atoms with Gasteiger partial charge < -0.3 is 14.2 Å². The van der Waals surface area contributed by atoms with Crippen LogP contribution in [0.5, 0.6) is 0 Å². The Hall–Kier alpha value is -2.89. The van der Waals surface area contributed by atoms with Crippen LogP contribution in [0.2, 0.25) is 0 Å². The van der Waals surface area contributed by atoms with Crippen LogP contribution < -0.4 is 0 Å². The van der Waals surface area contributed by atoms with E-state index in [4.69, 9.17) is 14.2 Å². The monoisotopic (exact) mass is 1010 g/mol. The molecule has 0 amide bonds. The van der Waals surface area contributed by atoms with Crippen molar-refractivity contribution in [2.75, 3.05) is 13.2 Å². The molecule has 0 aromatic rings. The molecule has 0 bridgehead atoms. The molecule has 0 spiro atoms. The number of carbonyl (C=O) groups is 3. The fourth-order valence-electron chi connectivity index (χ4n) is 9.01. The molecule has 0 aromatic carbocycles. The van der Waals surface area contributed by atoms with Crippen LogP contribution in [0.4, 0.5) is 0 Å². The molecule has 0 heterocycles. The number of allylic oxidation sites excluding steroid dienone is 10. The summed E-state index contributed by atoms with van der Waals surface area (Å²) in [6, 6.07) is 0. The van der Waals surface area contributed by atoms with Crippen LogP contribution in [0.25, 0.3) is 0 Å². The SMILES string of the molecule is CCCCCC/C=C\C/C=C\CCCCCCCCCC(=O)OC(COC(=O)CCCCCCC)COC(=O)CCCCCCCCCCCCCCCCCC/C=C\C/C=C\C/C=C\CCCCCCC. The van der Waals surface area contributed by atoms with Crippen molar-refractivity contribution >= 4 is 17.9 Å². The number of hydrogen-bond donors (Lipinski definition) is 0. The fraction of sp³-hybridized carbons (Fsp3) is 0.803. The first kappa shape index (κ1) is 69.1. The third-order valence-corrected chi connectivity index (χ3v) is 13.7. The van der Waals surface area contributed by atoms with E-state index in [1.54, 1.807) is 0 Å². The summed E-state index contributed by atoms with van der Waals surface area (Å²) in [5.74, 6) is -0.885. The van der Waals surface area contributed by atoms with Crippen LogP contribution >= 0.6 is 0 Å². The second kappa shape index (κ2) is 60.7. The van der Waals surface area contributed by atoms with Gasteiger partial charge in [-0.15, -0.1) is 0 Å². The van der Waals surface area contributed by atoms with Crippen LogP contribution in [0.1, 0.15) is 323 Å². The Kier molecular flexibility index (Phi) is 58.2. The van der Waals surface area contributed by atoms with Gasteiger partial charge in [0.2, 0.25) is 0 Å². The molecule has 0 saturated heterocycles. The van der Waals surface area contributed by atoms with E-state index in [1.807, 2.05) is 0 Å². The van der Waals surface area contributed by atoms with E-state index in [1.165, 1.54) is 193 Å². The molecule has 0 radical (unpaired) electrons. The second-order valence-electron chi connectivity index (χ2n) is 21.0. The van der Waals surface area contributed by atoms with Gasteiger partial charge >= 0.3 is 17.9 Å². The summed E-state index contributed by atoms with van der Waals surface area (Å²) in [6.07, 6.45) is 77.1. The van der Waals surface area contributed by atoms with Crippen LogP contribution in [-0.2, 0) is 28.6 Å². The van der Waals surface area contributed by atoms with E-state index in [0.717, 1.165) is 89.9 Å². The van der Waals surface area contributed by atoms with E-state index in [0.29, 0.717) is 19.3 Å². The first-order valence-corrected chi connectivity index (χ1v) is 31.3. The van der Waals surface area contributed by atoms with E-state index in [2.05, 4.69) is 81.5 Å². The molecule has 72 heavy (non-hydrogen) atoms. The van der Waals surface area contributed by atoms with Crippen molar-refractivity contribution in [1.29, 1.82) is 0 Å². The first-order valence-electron chi connectivity index (χ1n) is 31.3. The lowest BCUT2D eigenvalue weighted by molar-refractivity contribution is -0.167. The van der Waals surface area contributed by atoms with Gasteiger partial charge in [-0.1, -0.05) is 274 Å². The maximum absolute atomic E-state index is 12.8. The average molecular weight is 1010 g/mol. The molecule has 0 saturated carbocycles. The maximum atomic E-state index is 12.8. The highest BCUT2D eigenvalue weighted by molar-refractivity contribution is 5.71. The predicted octanol–water partition coefficient (Wildman–Crippen LogP) is 21.2. The van der Waals surface area contributed by atoms with Crippen molar-refractivity contribution in [3.8, 4) is 0 Å². The fourth-order valence-corrected chi connectivity index (χ4v) is 9.01. The molecular formula is C66H118O6. The average Bonchev–Trinajstić information content (AvgIpc) is 3.38. The van der Waals surface area contributed by atoms with Crippen molar-refractivity contribution in [3.63, 3.8) is 0 Å². The maximum Gasteiger partial charge on any atom is 0.306 e. The van der Waals surface area contributed by atoms with Crippen LogP contribution in [0.15, 0.2) is 60.8 Å². The normalized spacial score (nSPS) is 12.4. The van der Waals surface area contributed by atoms with Gasteiger partial charge in [0.15, 0.2) is 6.10 Å². The van der Waals surface area contributed by atoms with E-state index >= 15 is 0 Å². The first-order chi connectivity index (χ1) is 35.5. The summed E-state index contributed by atoms with van der Waals surface area (Å²) in [5.41, 5.74) is 0. The highest BCUT2D eigenvalue weighted by Crippen LogP contribution is 2.16. The van der Waals surface area contributed by atoms with Crippen LogP contribution in [0, 0.1) is 0 Å². The van der Waals surface area contributed by atoms with Crippen molar-refractivity contribution in [2.45, 2.75) is 329 Å². The molecule has 1 atom stereocenters. The Bertz CT molecular complexity index is 1290. The van der Waals surface area contributed by atoms with Gasteiger partial charge in [0.25, 0.3) is 0 Å². The molecule has 0 aliphatic carbocycles. The lowest BCUT2D eigenvalue weighted by Crippen LogP contribution is -2.30. The third kappa shape index (κ3) is 58.0. The minimum Gasteiger partial charge on any atom is -0.462 e. The lowest BCUT2D eigenvalue weighted by Gasteiger charge is -2.18. The van der Waals surface area contributed by atoms with Gasteiger partial charge in [-0.25, -0.2) is 0 Å². The summed E-state index contributed by atoms with van der Waals surface area (Å²) in [4.78, 5) is 37.9. The molecule has 0 fully saturated rings. The summed E-state index contributed by atoms with van der Waals surface area (Å²) in [5, 5.41) is 0. The number of carbonyl (C=O) groups excluding carboxylic acids is 3. The topological polar surface area (TPSA) is 78.9 Å². The molecule has 1 unspecified atom stereocenters. The smallest absolute Gasteiger partial charge is 0.306 e. The number of esters is 3. The van der Waals surface area contributed by atoms with Crippen molar-refractivity contribution < 1.29 is 28.6 Å². The molecule has 0 rings (SSSR count). The van der Waals surface area contributed by atoms with E-state index < -0.39 is 6.10 Å². The summed E-state index contributed by atoms with van der Waals surface area (Å²) < 4.78 is 16.7. The molecule has 0 aliphatic rings. The summed E-state index contributed by atoms with van der Waals surface area (Å²) in [7, 11) is 0. The van der Waals surface area contributed by atoms with Crippen LogP contribution in [-0.4, -0.2) is 37.2 Å². The van der Waals surface area contributed by atoms with Crippen molar-refractivity contribution in [2.24, 2.45) is 0 Å². The largest absolute Gasteiger partial charge is 0.462 e. The van der Waals surface area contributed by atoms with Crippen molar-refractivity contribution in [1.82, 2.24) is 0 Å². The quantitative estimate of drug-likeness (QED) is 0.0261. The Balaban J connectivity index is 3.98. The second-order valence-corrected chi connectivity index (χ2v) is 21.0. The van der Waals surface area contributed by atoms with Gasteiger partial charge in [0.05, 0.1) is 0 Å². The zero-order valence-corrected chi connectivity index (χ0v) is 47.9. The van der Waals surface area contributed by atoms with E-state index in [-0.39, 0.29) is 31.1 Å². The Morgan fingerprint density at radius 2 is 0.500 bits per heavy atom. The summed E-state index contributed by atoms with van der Waals surface area (Å²) >= 11 is 0. The number of unbranched alkanes of at least 4 members (excludes halogenated alkanes) is 36. The number of rotatable bonds is 57. The predicted molar refractivity (Wildman–Crippen MR) is 312 cm³/mol. The Morgan fingerprint density at radius 1 is 0.278 bits per heavy atom. The molecular weight excluding hydrogens is 889 g/mol. The standard InChI is InChI=1S/C66H118O6/c1-4-7-10-13-15-17-19-21-23-25-27-28-29-30-31-32-33-34-35-36-37-38-39-41-42-44-46-48-50-53-56-59-65(68)71-62-63(61-70-64(67)58-55-52-12-9-6-3)72-66(69)60-57-54-51-49-47-45-43-40-26-24-22-20-18-16-14-11-8-5-2/h18-21,24-27,29-30,63H,4-17,22-23,28,31-62H2,1-3H3/b20-18-,21-19-,26-24-,27-25-,30-29-. The zero-order valence-electron chi connectivity index (χ0n) is 47.9. The zero-order chi connectivity index (χ0) is 52.2. The van der Waals surface area contributed by atoms with Gasteiger partial charge in [0, 0.05) is 19.3 Å². The minimum absolute atomic E-state index is 0.0752. The van der Waals surface area contributed by atoms with Crippen molar-refractivity contribution in [3.05, 3.63) is 60.8 Å². The Morgan fingerprint density at radius 3 is 0.792 bits per heavy atom. The number of ether oxygens (including phenoxy) is 3. The third-order valence-electron chi connectivity index (χ3n) is 13.7. The highest BCUT2D eigenvalue weighted by atomic mass is 16.6. The highest BCUT2D eigenvalue weighted by Gasteiger charge is 2.19. The minimum atomic E-state index is -0.773. The summed E-state index contributed by atoms with van der Waals surface area (Å²) in [6.45, 7) is 6.55. The lowest BCUT2D eigenvalue weighted by atomic mass is 10.0. The molecule has 6 nitrogen and oxygen atoms in total.